The lowest BCUT2D eigenvalue weighted by atomic mass is 9.88. The number of ether oxygens (including phenoxy) is 2. The van der Waals surface area contributed by atoms with Crippen molar-refractivity contribution >= 4 is 18.9 Å². The third kappa shape index (κ3) is 7.55. The molecule has 1 aromatic carbocycles. The number of aromatic nitrogens is 2. The van der Waals surface area contributed by atoms with E-state index in [0.29, 0.717) is 13.1 Å². The van der Waals surface area contributed by atoms with Crippen LogP contribution in [0.3, 0.4) is 0 Å². The van der Waals surface area contributed by atoms with Gasteiger partial charge in [-0.15, -0.1) is 0 Å². The van der Waals surface area contributed by atoms with E-state index in [0.717, 1.165) is 49.0 Å². The highest BCUT2D eigenvalue weighted by Gasteiger charge is 2.47. The van der Waals surface area contributed by atoms with Crippen molar-refractivity contribution in [1.29, 1.82) is 0 Å². The van der Waals surface area contributed by atoms with Crippen molar-refractivity contribution in [2.24, 2.45) is 5.92 Å². The SMILES string of the molecule is COc1ccc(CNC(=O)C2Cn3ccnc3C3(CCN(CC4CCCC4)CC3)O2)cc1.O=CO.O=CO. The van der Waals surface area contributed by atoms with Crippen LogP contribution in [0.1, 0.15) is 49.9 Å². The summed E-state index contributed by atoms with van der Waals surface area (Å²) in [5, 5.41) is 16.8. The number of carbonyl (C=O) groups is 3. The first-order chi connectivity index (χ1) is 18.5. The number of methoxy groups -OCH3 is 1. The van der Waals surface area contributed by atoms with Gasteiger partial charge in [0, 0.05) is 38.6 Å². The van der Waals surface area contributed by atoms with Gasteiger partial charge in [-0.1, -0.05) is 25.0 Å². The first-order valence-corrected chi connectivity index (χ1v) is 13.0. The number of carbonyl (C=O) groups excluding carboxylic acids is 1. The summed E-state index contributed by atoms with van der Waals surface area (Å²) < 4.78 is 13.9. The summed E-state index contributed by atoms with van der Waals surface area (Å²) in [6.45, 7) is 3.70. The molecule has 38 heavy (non-hydrogen) atoms. The van der Waals surface area contributed by atoms with Gasteiger partial charge in [-0.3, -0.25) is 14.4 Å². The molecule has 1 amide bonds. The molecule has 1 spiro atoms. The minimum atomic E-state index is -0.503. The molecule has 208 valence electrons. The number of carboxylic acid groups (broad SMARTS) is 2. The van der Waals surface area contributed by atoms with Crippen LogP contribution in [-0.4, -0.2) is 76.4 Å². The Labute approximate surface area is 222 Å². The van der Waals surface area contributed by atoms with E-state index in [-0.39, 0.29) is 18.9 Å². The van der Waals surface area contributed by atoms with E-state index in [4.69, 9.17) is 29.3 Å². The highest BCUT2D eigenvalue weighted by atomic mass is 16.5. The molecule has 1 aliphatic carbocycles. The quantitative estimate of drug-likeness (QED) is 0.480. The average molecular weight is 531 g/mol. The first kappa shape index (κ1) is 29.1. The topological polar surface area (TPSA) is 143 Å². The third-order valence-corrected chi connectivity index (χ3v) is 7.43. The van der Waals surface area contributed by atoms with Gasteiger partial charge in [-0.25, -0.2) is 4.98 Å². The van der Waals surface area contributed by atoms with Crippen LogP contribution in [0.5, 0.6) is 5.75 Å². The predicted octanol–water partition coefficient (Wildman–Crippen LogP) is 2.49. The Hall–Kier alpha value is -3.44. The Morgan fingerprint density at radius 3 is 2.39 bits per heavy atom. The number of likely N-dealkylation sites (tertiary alicyclic amines) is 1. The van der Waals surface area contributed by atoms with E-state index in [1.165, 1.54) is 32.2 Å². The molecular formula is C27H38N4O7. The van der Waals surface area contributed by atoms with E-state index in [1.807, 2.05) is 36.7 Å². The van der Waals surface area contributed by atoms with Gasteiger partial charge in [-0.2, -0.15) is 0 Å². The first-order valence-electron chi connectivity index (χ1n) is 13.0. The Bertz CT molecular complexity index is 1010. The fourth-order valence-corrected chi connectivity index (χ4v) is 5.58. The van der Waals surface area contributed by atoms with Crippen LogP contribution in [-0.2, 0) is 37.8 Å². The van der Waals surface area contributed by atoms with Crippen LogP contribution in [0.15, 0.2) is 36.7 Å². The Balaban J connectivity index is 0.000000611. The van der Waals surface area contributed by atoms with Crippen molar-refractivity contribution in [3.8, 4) is 5.75 Å². The molecule has 5 rings (SSSR count). The number of benzene rings is 1. The second kappa shape index (κ2) is 14.5. The van der Waals surface area contributed by atoms with Crippen LogP contribution < -0.4 is 10.1 Å². The molecule has 11 nitrogen and oxygen atoms in total. The van der Waals surface area contributed by atoms with Gasteiger partial charge < -0.3 is 34.5 Å². The zero-order valence-electron chi connectivity index (χ0n) is 21.8. The van der Waals surface area contributed by atoms with E-state index in [9.17, 15) is 4.79 Å². The number of rotatable bonds is 6. The Morgan fingerprint density at radius 2 is 1.79 bits per heavy atom. The van der Waals surface area contributed by atoms with Crippen molar-refractivity contribution < 1.29 is 34.1 Å². The molecule has 0 bridgehead atoms. The molecule has 1 saturated carbocycles. The van der Waals surface area contributed by atoms with Crippen molar-refractivity contribution in [3.05, 3.63) is 48.0 Å². The Morgan fingerprint density at radius 1 is 1.16 bits per heavy atom. The maximum Gasteiger partial charge on any atom is 0.290 e. The Kier molecular flexibility index (Phi) is 11.1. The lowest BCUT2D eigenvalue weighted by Gasteiger charge is -2.46. The molecule has 1 aromatic heterocycles. The summed E-state index contributed by atoms with van der Waals surface area (Å²) in [6.07, 6.45) is 10.6. The minimum absolute atomic E-state index is 0.0621. The van der Waals surface area contributed by atoms with Gasteiger partial charge in [0.05, 0.1) is 13.7 Å². The zero-order valence-corrected chi connectivity index (χ0v) is 21.8. The second-order valence-electron chi connectivity index (χ2n) is 9.73. The molecule has 1 unspecified atom stereocenters. The number of piperidine rings is 1. The molecule has 11 heteroatoms. The third-order valence-electron chi connectivity index (χ3n) is 7.43. The van der Waals surface area contributed by atoms with Gasteiger partial charge >= 0.3 is 0 Å². The average Bonchev–Trinajstić information content (AvgIpc) is 3.63. The smallest absolute Gasteiger partial charge is 0.290 e. The summed E-state index contributed by atoms with van der Waals surface area (Å²) in [7, 11) is 1.65. The molecule has 0 radical (unpaired) electrons. The molecule has 2 aromatic rings. The lowest BCUT2D eigenvalue weighted by molar-refractivity contribution is -0.174. The summed E-state index contributed by atoms with van der Waals surface area (Å²) >= 11 is 0. The minimum Gasteiger partial charge on any atom is -0.497 e. The van der Waals surface area contributed by atoms with Crippen molar-refractivity contribution in [2.75, 3.05) is 26.7 Å². The maximum absolute atomic E-state index is 13.0. The van der Waals surface area contributed by atoms with Crippen LogP contribution in [0.25, 0.3) is 0 Å². The maximum atomic E-state index is 13.0. The van der Waals surface area contributed by atoms with Crippen molar-refractivity contribution in [2.45, 2.75) is 63.3 Å². The summed E-state index contributed by atoms with van der Waals surface area (Å²) in [6, 6.07) is 7.75. The summed E-state index contributed by atoms with van der Waals surface area (Å²) in [4.78, 5) is 37.0. The number of nitrogens with one attached hydrogen (secondary N) is 1. The number of hydrogen-bond acceptors (Lipinski definition) is 7. The fraction of sp³-hybridized carbons (Fsp3) is 0.556. The summed E-state index contributed by atoms with van der Waals surface area (Å²) in [5.74, 6) is 2.59. The van der Waals surface area contributed by atoms with Crippen LogP contribution >= 0.6 is 0 Å². The van der Waals surface area contributed by atoms with E-state index in [2.05, 4.69) is 19.8 Å². The van der Waals surface area contributed by atoms with Crippen LogP contribution in [0.4, 0.5) is 0 Å². The van der Waals surface area contributed by atoms with Gasteiger partial charge in [0.25, 0.3) is 18.9 Å². The van der Waals surface area contributed by atoms with Crippen molar-refractivity contribution in [3.63, 3.8) is 0 Å². The number of hydrogen-bond donors (Lipinski definition) is 3. The van der Waals surface area contributed by atoms with Crippen LogP contribution in [0, 0.1) is 5.92 Å². The van der Waals surface area contributed by atoms with E-state index < -0.39 is 11.7 Å². The van der Waals surface area contributed by atoms with Crippen molar-refractivity contribution in [1.82, 2.24) is 19.8 Å². The van der Waals surface area contributed by atoms with Gasteiger partial charge in [0.1, 0.15) is 17.2 Å². The number of nitrogens with zero attached hydrogens (tertiary/aromatic N) is 3. The molecule has 3 aliphatic rings. The van der Waals surface area contributed by atoms with E-state index >= 15 is 0 Å². The number of imidazole rings is 1. The zero-order chi connectivity index (χ0) is 27.4. The predicted molar refractivity (Wildman–Crippen MR) is 139 cm³/mol. The molecule has 3 heterocycles. The fourth-order valence-electron chi connectivity index (χ4n) is 5.58. The van der Waals surface area contributed by atoms with Gasteiger partial charge in [0.15, 0.2) is 6.10 Å². The second-order valence-corrected chi connectivity index (χ2v) is 9.73. The molecule has 1 saturated heterocycles. The highest BCUT2D eigenvalue weighted by molar-refractivity contribution is 5.81. The normalized spacial score (nSPS) is 20.2. The number of amides is 1. The summed E-state index contributed by atoms with van der Waals surface area (Å²) in [5.41, 5.74) is 0.573. The standard InChI is InChI=1S/C25H34N4O3.2CH2O2/c1-31-21-8-6-19(7-9-21)16-27-23(30)22-18-29-15-12-26-24(29)25(32-22)10-13-28(14-11-25)17-20-4-2-3-5-20;2*2-1-3/h6-9,12,15,20,22H,2-5,10-11,13-14,16-18H2,1H3,(H,27,30);2*1H,(H,2,3). The molecule has 2 fully saturated rings. The highest BCUT2D eigenvalue weighted by Crippen LogP contribution is 2.40. The molecule has 3 N–H and O–H groups in total. The molecule has 2 aliphatic heterocycles. The lowest BCUT2D eigenvalue weighted by Crippen LogP contribution is -2.54. The van der Waals surface area contributed by atoms with Gasteiger partial charge in [0.2, 0.25) is 0 Å². The van der Waals surface area contributed by atoms with Gasteiger partial charge in [-0.05, 0) is 49.3 Å². The van der Waals surface area contributed by atoms with E-state index in [1.54, 1.807) is 7.11 Å². The number of fused-ring (bicyclic) bond motifs is 2. The monoisotopic (exact) mass is 530 g/mol. The molecular weight excluding hydrogens is 492 g/mol. The van der Waals surface area contributed by atoms with Crippen LogP contribution in [0.2, 0.25) is 0 Å². The largest absolute Gasteiger partial charge is 0.497 e. The molecule has 1 atom stereocenters.